The van der Waals surface area contributed by atoms with Gasteiger partial charge in [-0.3, -0.25) is 23.5 Å². The highest BCUT2D eigenvalue weighted by atomic mass is 35.5. The van der Waals surface area contributed by atoms with Crippen LogP contribution in [0.3, 0.4) is 0 Å². The fourth-order valence-corrected chi connectivity index (χ4v) is 0. The van der Waals surface area contributed by atoms with Gasteiger partial charge in [0.2, 0.25) is 0 Å². The van der Waals surface area contributed by atoms with E-state index in [1.807, 2.05) is 6.92 Å². The summed E-state index contributed by atoms with van der Waals surface area (Å²) in [5, 5.41) is 0. The summed E-state index contributed by atoms with van der Waals surface area (Å²) < 4.78 is 0. The maximum atomic E-state index is 5.23. The van der Waals surface area contributed by atoms with Crippen molar-refractivity contribution < 1.29 is 23.5 Å². The Kier molecular flexibility index (Phi) is 170. The van der Waals surface area contributed by atoms with Gasteiger partial charge in [-0.1, -0.05) is 6.92 Å². The predicted octanol–water partition coefficient (Wildman–Crippen LogP) is 2.96. The molecule has 7 heteroatoms. The molecule has 0 aliphatic heterocycles. The largest absolute Gasteiger partial charge is 0.269 e. The van der Waals surface area contributed by atoms with Crippen LogP contribution in [-0.4, -0.2) is 4.84 Å². The van der Waals surface area contributed by atoms with Crippen molar-refractivity contribution >= 4 is 23.2 Å². The predicted molar refractivity (Wildman–Crippen MR) is 38.3 cm³/mol. The summed E-state index contributed by atoms with van der Waals surface area (Å²) >= 11 is 10.5. The molecule has 0 aliphatic carbocycles. The van der Waals surface area contributed by atoms with Crippen LogP contribution in [0, 0.1) is 0 Å². The van der Waals surface area contributed by atoms with Crippen LogP contribution in [0.25, 0.3) is 0 Å². The minimum absolute atomic E-state index is 0. The SMILES string of the molecule is CCC(Cl)Cl.F.F.F.F.F. The molecule has 0 radical (unpaired) electrons. The summed E-state index contributed by atoms with van der Waals surface area (Å²) in [4.78, 5) is -0.171. The van der Waals surface area contributed by atoms with Crippen molar-refractivity contribution in [3.05, 3.63) is 0 Å². The number of hydrogen-bond donors (Lipinski definition) is 0. The smallest absolute Gasteiger partial charge is 0.107 e. The van der Waals surface area contributed by atoms with Gasteiger partial charge in [-0.25, -0.2) is 0 Å². The third kappa shape index (κ3) is 86.5. The Labute approximate surface area is 65.7 Å². The van der Waals surface area contributed by atoms with E-state index in [9.17, 15) is 0 Å². The molecule has 0 saturated carbocycles. The second-order valence-electron chi connectivity index (χ2n) is 0.799. The minimum atomic E-state index is -0.171. The molecule has 0 nitrogen and oxygen atoms in total. The highest BCUT2D eigenvalue weighted by Crippen LogP contribution is 2.03. The van der Waals surface area contributed by atoms with Gasteiger partial charge in [0, 0.05) is 0 Å². The van der Waals surface area contributed by atoms with Crippen LogP contribution >= 0.6 is 23.2 Å². The van der Waals surface area contributed by atoms with Gasteiger partial charge in [0.15, 0.2) is 0 Å². The quantitative estimate of drug-likeness (QED) is 0.464. The molecule has 0 rings (SSSR count). The zero-order valence-electron chi connectivity index (χ0n) is 5.08. The lowest BCUT2D eigenvalue weighted by molar-refractivity contribution is 1.04. The monoisotopic (exact) mass is 212 g/mol. The Hall–Kier alpha value is 0.230. The number of hydrogen-bond acceptors (Lipinski definition) is 0. The molecular formula is C3H11Cl2F5. The van der Waals surface area contributed by atoms with Crippen LogP contribution in [0.15, 0.2) is 0 Å². The second-order valence-corrected chi connectivity index (χ2v) is 2.08. The first-order chi connectivity index (χ1) is 2.27. The fraction of sp³-hybridized carbons (Fsp3) is 1.00. The van der Waals surface area contributed by atoms with Crippen LogP contribution in [0.2, 0.25) is 0 Å². The first kappa shape index (κ1) is 48.7. The lowest BCUT2D eigenvalue weighted by Crippen LogP contribution is -1.75. The van der Waals surface area contributed by atoms with Gasteiger partial charge in [0.1, 0.15) is 4.84 Å². The summed E-state index contributed by atoms with van der Waals surface area (Å²) in [7, 11) is 0. The standard InChI is InChI=1S/C3H6Cl2.5FH/c1-2-3(4)5;;;;;/h3H,2H2,1H3;5*1H. The highest BCUT2D eigenvalue weighted by molar-refractivity contribution is 6.44. The topological polar surface area (TPSA) is 0 Å². The van der Waals surface area contributed by atoms with E-state index >= 15 is 0 Å². The van der Waals surface area contributed by atoms with Gasteiger partial charge in [-0.2, -0.15) is 0 Å². The Morgan fingerprint density at radius 1 is 0.900 bits per heavy atom. The third-order valence-corrected chi connectivity index (χ3v) is 0.926. The molecule has 0 saturated heterocycles. The third-order valence-electron chi connectivity index (χ3n) is 0.309. The van der Waals surface area contributed by atoms with E-state index in [0.29, 0.717) is 0 Å². The molecule has 0 aromatic heterocycles. The van der Waals surface area contributed by atoms with E-state index in [-0.39, 0.29) is 28.4 Å². The molecular weight excluding hydrogens is 202 g/mol. The normalized spacial score (nSPS) is 4.80. The highest BCUT2D eigenvalue weighted by Gasteiger charge is 1.86. The number of halogens is 7. The summed E-state index contributed by atoms with van der Waals surface area (Å²) in [6.45, 7) is 1.94. The van der Waals surface area contributed by atoms with E-state index in [2.05, 4.69) is 0 Å². The van der Waals surface area contributed by atoms with Crippen molar-refractivity contribution in [2.75, 3.05) is 0 Å². The van der Waals surface area contributed by atoms with E-state index in [1.54, 1.807) is 0 Å². The lowest BCUT2D eigenvalue weighted by atomic mass is 10.6. The molecule has 0 aromatic carbocycles. The van der Waals surface area contributed by atoms with Gasteiger partial charge < -0.3 is 0 Å². The first-order valence-electron chi connectivity index (χ1n) is 1.55. The zero-order chi connectivity index (χ0) is 4.28. The van der Waals surface area contributed by atoms with Crippen LogP contribution in [-0.2, 0) is 0 Å². The van der Waals surface area contributed by atoms with Crippen molar-refractivity contribution in [3.8, 4) is 0 Å². The van der Waals surface area contributed by atoms with Crippen molar-refractivity contribution in [1.29, 1.82) is 0 Å². The molecule has 0 aliphatic rings. The number of alkyl halides is 2. The van der Waals surface area contributed by atoms with Gasteiger partial charge in [-0.05, 0) is 6.42 Å². The van der Waals surface area contributed by atoms with Crippen molar-refractivity contribution in [2.45, 2.75) is 18.2 Å². The maximum Gasteiger partial charge on any atom is 0.107 e. The molecule has 0 aromatic rings. The van der Waals surface area contributed by atoms with E-state index < -0.39 is 0 Å². The fourth-order valence-electron chi connectivity index (χ4n) is 0. The van der Waals surface area contributed by atoms with Crippen molar-refractivity contribution in [3.63, 3.8) is 0 Å². The average molecular weight is 213 g/mol. The molecule has 0 unspecified atom stereocenters. The molecule has 72 valence electrons. The lowest BCUT2D eigenvalue weighted by Gasteiger charge is -1.84. The molecule has 0 spiro atoms. The summed E-state index contributed by atoms with van der Waals surface area (Å²) in [5.74, 6) is 0. The summed E-state index contributed by atoms with van der Waals surface area (Å²) in [6.07, 6.45) is 0.836. The molecule has 10 heavy (non-hydrogen) atoms. The van der Waals surface area contributed by atoms with Crippen molar-refractivity contribution in [2.24, 2.45) is 0 Å². The van der Waals surface area contributed by atoms with E-state index in [0.717, 1.165) is 6.42 Å². The van der Waals surface area contributed by atoms with Crippen LogP contribution in [0.1, 0.15) is 13.3 Å². The molecule has 0 atom stereocenters. The Morgan fingerprint density at radius 2 is 1.00 bits per heavy atom. The number of rotatable bonds is 1. The van der Waals surface area contributed by atoms with Gasteiger partial charge >= 0.3 is 0 Å². The Balaban J connectivity index is -0.00000000800. The molecule has 0 amide bonds. The molecule has 0 fully saturated rings. The van der Waals surface area contributed by atoms with Gasteiger partial charge in [-0.15, -0.1) is 23.2 Å². The second kappa shape index (κ2) is 34.9. The van der Waals surface area contributed by atoms with Crippen LogP contribution in [0.4, 0.5) is 23.5 Å². The minimum Gasteiger partial charge on any atom is -0.269 e. The van der Waals surface area contributed by atoms with Crippen LogP contribution < -0.4 is 0 Å². The molecule has 0 bridgehead atoms. The van der Waals surface area contributed by atoms with Crippen LogP contribution in [0.5, 0.6) is 0 Å². The van der Waals surface area contributed by atoms with E-state index in [4.69, 9.17) is 23.2 Å². The summed E-state index contributed by atoms with van der Waals surface area (Å²) in [5.41, 5.74) is 0. The molecule has 0 heterocycles. The Morgan fingerprint density at radius 3 is 1.00 bits per heavy atom. The van der Waals surface area contributed by atoms with E-state index in [1.165, 1.54) is 0 Å². The summed E-state index contributed by atoms with van der Waals surface area (Å²) in [6, 6.07) is 0. The maximum absolute atomic E-state index is 5.23. The average Bonchev–Trinajstić information content (AvgIpc) is 1.38. The van der Waals surface area contributed by atoms with Gasteiger partial charge in [0.05, 0.1) is 0 Å². The first-order valence-corrected chi connectivity index (χ1v) is 2.42. The van der Waals surface area contributed by atoms with Gasteiger partial charge in [0.25, 0.3) is 0 Å². The van der Waals surface area contributed by atoms with Crippen molar-refractivity contribution in [1.82, 2.24) is 0 Å². The zero-order valence-corrected chi connectivity index (χ0v) is 6.59. The molecule has 0 N–H and O–H groups in total. The Bertz CT molecular complexity index is 28.9.